The molecular weight excluding hydrogens is 356 g/mol. The molecule has 4 aliphatic carbocycles. The topological polar surface area (TPSA) is 26.3 Å². The highest BCUT2D eigenvalue weighted by Crippen LogP contribution is 2.60. The van der Waals surface area contributed by atoms with E-state index in [1.165, 1.54) is 103 Å². The SMILES string of the molecule is CCCCCCCCCCCCCCCCOC(=O)C12CC3CC(CC(C3)C1)C2. The summed E-state index contributed by atoms with van der Waals surface area (Å²) in [4.78, 5) is 12.8. The van der Waals surface area contributed by atoms with E-state index in [-0.39, 0.29) is 11.4 Å². The summed E-state index contributed by atoms with van der Waals surface area (Å²) in [5.41, 5.74) is -0.0647. The van der Waals surface area contributed by atoms with Crippen molar-refractivity contribution in [3.8, 4) is 0 Å². The zero-order chi connectivity index (χ0) is 20.4. The fourth-order valence-corrected chi connectivity index (χ4v) is 6.98. The molecule has 4 aliphatic rings. The first kappa shape index (κ1) is 23.1. The van der Waals surface area contributed by atoms with E-state index in [0.29, 0.717) is 6.61 Å². The zero-order valence-corrected chi connectivity index (χ0v) is 19.4. The third-order valence-electron chi connectivity index (χ3n) is 8.20. The Bertz CT molecular complexity index is 434. The molecule has 0 N–H and O–H groups in total. The number of ether oxygens (including phenoxy) is 1. The highest BCUT2D eigenvalue weighted by atomic mass is 16.5. The van der Waals surface area contributed by atoms with Crippen LogP contribution in [0.1, 0.15) is 135 Å². The van der Waals surface area contributed by atoms with Crippen molar-refractivity contribution in [3.05, 3.63) is 0 Å². The third kappa shape index (κ3) is 7.28. The van der Waals surface area contributed by atoms with E-state index < -0.39 is 0 Å². The van der Waals surface area contributed by atoms with Gasteiger partial charge in [-0.05, 0) is 62.7 Å². The van der Waals surface area contributed by atoms with Crippen LogP contribution in [0.4, 0.5) is 0 Å². The third-order valence-corrected chi connectivity index (χ3v) is 8.20. The van der Waals surface area contributed by atoms with E-state index in [4.69, 9.17) is 4.74 Å². The van der Waals surface area contributed by atoms with Crippen LogP contribution in [-0.2, 0) is 9.53 Å². The number of hydrogen-bond acceptors (Lipinski definition) is 2. The molecule has 168 valence electrons. The van der Waals surface area contributed by atoms with Crippen molar-refractivity contribution in [1.82, 2.24) is 0 Å². The molecule has 2 nitrogen and oxygen atoms in total. The first-order valence-corrected chi connectivity index (χ1v) is 13.4. The normalized spacial score (nSPS) is 30.0. The lowest BCUT2D eigenvalue weighted by Crippen LogP contribution is -2.50. The lowest BCUT2D eigenvalue weighted by Gasteiger charge is -2.55. The summed E-state index contributed by atoms with van der Waals surface area (Å²) in [5.74, 6) is 2.66. The standard InChI is InChI=1S/C27H48O2/c1-2-3-4-5-6-7-8-9-10-11-12-13-14-15-16-29-26(28)27-20-23-17-24(21-27)19-25(18-23)22-27/h23-25H,2-22H2,1H3. The molecule has 4 rings (SSSR count). The molecule has 0 aromatic rings. The maximum Gasteiger partial charge on any atom is 0.312 e. The lowest BCUT2D eigenvalue weighted by molar-refractivity contribution is -0.171. The van der Waals surface area contributed by atoms with Crippen LogP contribution < -0.4 is 0 Å². The number of rotatable bonds is 16. The molecule has 0 aromatic heterocycles. The number of esters is 1. The average Bonchev–Trinajstić information content (AvgIpc) is 2.69. The van der Waals surface area contributed by atoms with Crippen LogP contribution in [0.2, 0.25) is 0 Å². The van der Waals surface area contributed by atoms with Crippen LogP contribution in [0.3, 0.4) is 0 Å². The predicted octanol–water partition coefficient (Wildman–Crippen LogP) is 8.23. The summed E-state index contributed by atoms with van der Waals surface area (Å²) in [5, 5.41) is 0. The van der Waals surface area contributed by atoms with Crippen LogP contribution >= 0.6 is 0 Å². The summed E-state index contributed by atoms with van der Waals surface area (Å²) < 4.78 is 5.79. The summed E-state index contributed by atoms with van der Waals surface area (Å²) >= 11 is 0. The van der Waals surface area contributed by atoms with E-state index in [1.54, 1.807) is 0 Å². The van der Waals surface area contributed by atoms with Crippen molar-refractivity contribution in [2.24, 2.45) is 23.2 Å². The smallest absolute Gasteiger partial charge is 0.312 e. The van der Waals surface area contributed by atoms with Gasteiger partial charge in [0.25, 0.3) is 0 Å². The van der Waals surface area contributed by atoms with Gasteiger partial charge in [-0.2, -0.15) is 0 Å². The largest absolute Gasteiger partial charge is 0.465 e. The van der Waals surface area contributed by atoms with E-state index in [2.05, 4.69) is 6.92 Å². The average molecular weight is 405 g/mol. The van der Waals surface area contributed by atoms with Crippen molar-refractivity contribution in [1.29, 1.82) is 0 Å². The Balaban J connectivity index is 1.11. The predicted molar refractivity (Wildman–Crippen MR) is 122 cm³/mol. The minimum Gasteiger partial charge on any atom is -0.465 e. The molecule has 2 heteroatoms. The zero-order valence-electron chi connectivity index (χ0n) is 19.4. The summed E-state index contributed by atoms with van der Waals surface area (Å²) in [6, 6.07) is 0. The molecule has 0 aromatic carbocycles. The minimum atomic E-state index is -0.0647. The first-order chi connectivity index (χ1) is 14.2. The second-order valence-corrected chi connectivity index (χ2v) is 10.9. The van der Waals surface area contributed by atoms with Gasteiger partial charge in [-0.3, -0.25) is 4.79 Å². The second-order valence-electron chi connectivity index (χ2n) is 10.9. The van der Waals surface area contributed by atoms with Crippen molar-refractivity contribution < 1.29 is 9.53 Å². The van der Waals surface area contributed by atoms with Gasteiger partial charge in [0.2, 0.25) is 0 Å². The minimum absolute atomic E-state index is 0.0647. The fraction of sp³-hybridized carbons (Fsp3) is 0.963. The number of carbonyl (C=O) groups is 1. The number of carbonyl (C=O) groups excluding carboxylic acids is 1. The highest BCUT2D eigenvalue weighted by Gasteiger charge is 2.55. The van der Waals surface area contributed by atoms with Gasteiger partial charge >= 0.3 is 5.97 Å². The monoisotopic (exact) mass is 404 g/mol. The molecular formula is C27H48O2. The first-order valence-electron chi connectivity index (χ1n) is 13.4. The molecule has 0 radical (unpaired) electrons. The van der Waals surface area contributed by atoms with Crippen LogP contribution in [0, 0.1) is 23.2 Å². The Labute approximate surface area is 180 Å². The van der Waals surface area contributed by atoms with Gasteiger partial charge in [0.05, 0.1) is 12.0 Å². The highest BCUT2D eigenvalue weighted by molar-refractivity contribution is 5.77. The molecule has 0 spiro atoms. The quantitative estimate of drug-likeness (QED) is 0.191. The fourth-order valence-electron chi connectivity index (χ4n) is 6.98. The van der Waals surface area contributed by atoms with Gasteiger partial charge < -0.3 is 4.74 Å². The molecule has 0 atom stereocenters. The Morgan fingerprint density at radius 2 is 1.03 bits per heavy atom. The number of hydrogen-bond donors (Lipinski definition) is 0. The van der Waals surface area contributed by atoms with Crippen LogP contribution in [0.5, 0.6) is 0 Å². The Morgan fingerprint density at radius 1 is 0.655 bits per heavy atom. The lowest BCUT2D eigenvalue weighted by atomic mass is 9.49. The van der Waals surface area contributed by atoms with Gasteiger partial charge in [0.1, 0.15) is 0 Å². The summed E-state index contributed by atoms with van der Waals surface area (Å²) in [6.07, 6.45) is 26.8. The Kier molecular flexibility index (Phi) is 9.86. The molecule has 0 saturated heterocycles. The second kappa shape index (κ2) is 12.4. The van der Waals surface area contributed by atoms with Crippen molar-refractivity contribution in [3.63, 3.8) is 0 Å². The maximum atomic E-state index is 12.8. The Hall–Kier alpha value is -0.530. The van der Waals surface area contributed by atoms with Gasteiger partial charge in [-0.15, -0.1) is 0 Å². The van der Waals surface area contributed by atoms with Gasteiger partial charge in [0.15, 0.2) is 0 Å². The van der Waals surface area contributed by atoms with Crippen LogP contribution in [0.15, 0.2) is 0 Å². The molecule has 4 saturated carbocycles. The van der Waals surface area contributed by atoms with Crippen molar-refractivity contribution in [2.45, 2.75) is 135 Å². The molecule has 0 aliphatic heterocycles. The van der Waals surface area contributed by atoms with E-state index in [9.17, 15) is 4.79 Å². The molecule has 0 unspecified atom stereocenters. The summed E-state index contributed by atoms with van der Waals surface area (Å²) in [6.45, 7) is 2.95. The van der Waals surface area contributed by atoms with Gasteiger partial charge in [-0.1, -0.05) is 90.4 Å². The molecule has 4 bridgehead atoms. The van der Waals surface area contributed by atoms with Gasteiger partial charge in [0, 0.05) is 0 Å². The van der Waals surface area contributed by atoms with Crippen LogP contribution in [0.25, 0.3) is 0 Å². The van der Waals surface area contributed by atoms with E-state index in [1.807, 2.05) is 0 Å². The van der Waals surface area contributed by atoms with Crippen LogP contribution in [-0.4, -0.2) is 12.6 Å². The number of unbranched alkanes of at least 4 members (excludes halogenated alkanes) is 13. The molecule has 4 fully saturated rings. The van der Waals surface area contributed by atoms with Crippen molar-refractivity contribution >= 4 is 5.97 Å². The van der Waals surface area contributed by atoms with E-state index in [0.717, 1.165) is 43.4 Å². The summed E-state index contributed by atoms with van der Waals surface area (Å²) in [7, 11) is 0. The molecule has 0 heterocycles. The van der Waals surface area contributed by atoms with E-state index >= 15 is 0 Å². The van der Waals surface area contributed by atoms with Gasteiger partial charge in [-0.25, -0.2) is 0 Å². The Morgan fingerprint density at radius 3 is 1.45 bits per heavy atom. The molecule has 29 heavy (non-hydrogen) atoms. The molecule has 0 amide bonds. The van der Waals surface area contributed by atoms with Crippen molar-refractivity contribution in [2.75, 3.05) is 6.61 Å². The maximum absolute atomic E-state index is 12.8.